The van der Waals surface area contributed by atoms with Crippen LogP contribution < -0.4 is 4.90 Å². The molecule has 8 saturated carbocycles. The number of hydrogen-bond acceptors (Lipinski definition) is 6. The molecule has 218 valence electrons. The van der Waals surface area contributed by atoms with Gasteiger partial charge in [-0.25, -0.2) is 14.4 Å². The molecule has 3 aromatic rings. The summed E-state index contributed by atoms with van der Waals surface area (Å²) in [6.07, 6.45) is 16.8. The highest BCUT2D eigenvalue weighted by molar-refractivity contribution is 5.95. The molecule has 42 heavy (non-hydrogen) atoms. The maximum Gasteiger partial charge on any atom is 0.232 e. The number of nitrogens with zero attached hydrogens (tertiary/aromatic N) is 5. The van der Waals surface area contributed by atoms with Gasteiger partial charge in [-0.05, 0) is 112 Å². The Hall–Kier alpha value is -3.16. The lowest BCUT2D eigenvalue weighted by molar-refractivity contribution is -0.215. The van der Waals surface area contributed by atoms with Crippen LogP contribution in [0.3, 0.4) is 0 Å². The fourth-order valence-electron chi connectivity index (χ4n) is 8.80. The molecule has 4 bridgehead atoms. The molecule has 0 radical (unpaired) electrons. The molecular weight excluding hydrogens is 529 g/mol. The number of anilines is 1. The van der Waals surface area contributed by atoms with Crippen molar-refractivity contribution in [2.75, 3.05) is 11.4 Å². The average molecular weight is 568 g/mol. The number of aromatic nitrogens is 4. The zero-order chi connectivity index (χ0) is 28.2. The Morgan fingerprint density at radius 1 is 0.881 bits per heavy atom. The minimum absolute atomic E-state index is 0.00937. The Bertz CT molecular complexity index is 1510. The second kappa shape index (κ2) is 8.70. The first-order chi connectivity index (χ1) is 20.3. The molecule has 1 amide bonds. The third kappa shape index (κ3) is 4.15. The number of fused-ring (bicyclic) bond motifs is 3. The van der Waals surface area contributed by atoms with E-state index in [0.717, 1.165) is 72.9 Å². The summed E-state index contributed by atoms with van der Waals surface area (Å²) in [6.45, 7) is 0.705. The van der Waals surface area contributed by atoms with Crippen LogP contribution >= 0.6 is 0 Å². The quantitative estimate of drug-likeness (QED) is 0.272. The van der Waals surface area contributed by atoms with Gasteiger partial charge < -0.3 is 9.42 Å². The first-order valence-corrected chi connectivity index (χ1v) is 16.1. The van der Waals surface area contributed by atoms with Gasteiger partial charge in [-0.15, -0.1) is 0 Å². The zero-order valence-corrected chi connectivity index (χ0v) is 24.2. The molecule has 1 aromatic carbocycles. The second-order valence-corrected chi connectivity index (χ2v) is 15.0. The summed E-state index contributed by atoms with van der Waals surface area (Å²) in [6, 6.07) is 8.29. The van der Waals surface area contributed by atoms with E-state index < -0.39 is 5.67 Å². The zero-order valence-electron chi connectivity index (χ0n) is 24.2. The van der Waals surface area contributed by atoms with Crippen molar-refractivity contribution in [2.45, 2.75) is 113 Å². The van der Waals surface area contributed by atoms with Gasteiger partial charge in [0.2, 0.25) is 11.8 Å². The van der Waals surface area contributed by atoms with Gasteiger partial charge in [-0.2, -0.15) is 4.98 Å². The van der Waals surface area contributed by atoms with Crippen molar-refractivity contribution >= 4 is 11.6 Å². The molecule has 8 aliphatic carbocycles. The fourth-order valence-corrected chi connectivity index (χ4v) is 8.80. The highest BCUT2D eigenvalue weighted by Gasteiger charge is 2.69. The number of amides is 1. The van der Waals surface area contributed by atoms with E-state index in [9.17, 15) is 9.18 Å². The van der Waals surface area contributed by atoms with E-state index in [2.05, 4.69) is 33.3 Å². The number of halogens is 1. The molecule has 8 aliphatic rings. The maximum atomic E-state index is 14.4. The van der Waals surface area contributed by atoms with Crippen LogP contribution in [0.2, 0.25) is 0 Å². The van der Waals surface area contributed by atoms with E-state index in [-0.39, 0.29) is 22.2 Å². The van der Waals surface area contributed by atoms with Gasteiger partial charge in [0, 0.05) is 53.9 Å². The number of carbonyl (C=O) groups is 1. The molecule has 0 unspecified atom stereocenters. The summed E-state index contributed by atoms with van der Waals surface area (Å²) in [5.74, 6) is 3.83. The van der Waals surface area contributed by atoms with Crippen molar-refractivity contribution in [3.8, 4) is 11.1 Å². The van der Waals surface area contributed by atoms with Crippen LogP contribution in [0.15, 0.2) is 41.2 Å². The number of rotatable bonds is 9. The lowest BCUT2D eigenvalue weighted by Gasteiger charge is -2.66. The van der Waals surface area contributed by atoms with Crippen molar-refractivity contribution in [2.24, 2.45) is 10.8 Å². The normalized spacial score (nSPS) is 34.5. The van der Waals surface area contributed by atoms with Gasteiger partial charge in [0.15, 0.2) is 5.82 Å². The Kier molecular flexibility index (Phi) is 5.25. The Morgan fingerprint density at radius 3 is 2.19 bits per heavy atom. The van der Waals surface area contributed by atoms with E-state index in [1.54, 1.807) is 0 Å². The molecule has 7 nitrogen and oxygen atoms in total. The van der Waals surface area contributed by atoms with Crippen molar-refractivity contribution in [1.82, 2.24) is 20.1 Å². The van der Waals surface area contributed by atoms with E-state index in [4.69, 9.17) is 9.51 Å². The number of benzene rings is 1. The summed E-state index contributed by atoms with van der Waals surface area (Å²) < 4.78 is 20.2. The standard InChI is InChI=1S/C34H38FN5O2/c35-34-18-32(19-34,20-34)15-27(41)40(26-3-1-2-24(14-26)25-16-36-28(37-17-25)22-4-5-22)21-31-8-11-33(12-9-31,13-10-31)30-38-29(39-42-30)23-6-7-23/h1-3,14,16-17,22-23H,4-13,15,18-21H2. The van der Waals surface area contributed by atoms with Crippen LogP contribution in [-0.4, -0.2) is 38.2 Å². The topological polar surface area (TPSA) is 85.0 Å². The summed E-state index contributed by atoms with van der Waals surface area (Å²) in [5, 5.41) is 4.32. The molecule has 8 fully saturated rings. The lowest BCUT2D eigenvalue weighted by Crippen LogP contribution is -2.65. The largest absolute Gasteiger partial charge is 0.339 e. The summed E-state index contributed by atoms with van der Waals surface area (Å²) >= 11 is 0. The molecule has 2 heterocycles. The van der Waals surface area contributed by atoms with Crippen molar-refractivity contribution in [3.63, 3.8) is 0 Å². The first kappa shape index (κ1) is 25.3. The Balaban J connectivity index is 0.976. The fraction of sp³-hybridized carbons (Fsp3) is 0.618. The highest BCUT2D eigenvalue weighted by Crippen LogP contribution is 2.71. The monoisotopic (exact) mass is 567 g/mol. The molecule has 0 saturated heterocycles. The summed E-state index contributed by atoms with van der Waals surface area (Å²) in [4.78, 5) is 30.3. The average Bonchev–Trinajstić information content (AvgIpc) is 3.94. The van der Waals surface area contributed by atoms with E-state index in [1.165, 1.54) is 25.7 Å². The lowest BCUT2D eigenvalue weighted by atomic mass is 9.41. The predicted octanol–water partition coefficient (Wildman–Crippen LogP) is 7.19. The van der Waals surface area contributed by atoms with Gasteiger partial charge >= 0.3 is 0 Å². The molecule has 8 heteroatoms. The van der Waals surface area contributed by atoms with Crippen molar-refractivity contribution in [3.05, 3.63) is 54.2 Å². The van der Waals surface area contributed by atoms with E-state index >= 15 is 0 Å². The second-order valence-electron chi connectivity index (χ2n) is 15.0. The van der Waals surface area contributed by atoms with Gasteiger partial charge in [0.05, 0.1) is 0 Å². The van der Waals surface area contributed by atoms with E-state index in [1.807, 2.05) is 23.4 Å². The summed E-state index contributed by atoms with van der Waals surface area (Å²) in [5.41, 5.74) is 1.85. The van der Waals surface area contributed by atoms with Crippen molar-refractivity contribution in [1.29, 1.82) is 0 Å². The molecule has 2 aromatic heterocycles. The Labute approximate surface area is 245 Å². The van der Waals surface area contributed by atoms with E-state index in [0.29, 0.717) is 44.1 Å². The van der Waals surface area contributed by atoms with Crippen LogP contribution in [0.5, 0.6) is 0 Å². The Morgan fingerprint density at radius 2 is 1.55 bits per heavy atom. The third-order valence-electron chi connectivity index (χ3n) is 11.7. The molecular formula is C34H38FN5O2. The smallest absolute Gasteiger partial charge is 0.232 e. The molecule has 11 rings (SSSR count). The molecule has 0 spiro atoms. The number of hydrogen-bond donors (Lipinski definition) is 0. The van der Waals surface area contributed by atoms with Crippen molar-refractivity contribution < 1.29 is 13.7 Å². The predicted molar refractivity (Wildman–Crippen MR) is 155 cm³/mol. The minimum atomic E-state index is -0.999. The first-order valence-electron chi connectivity index (χ1n) is 16.1. The minimum Gasteiger partial charge on any atom is -0.339 e. The molecule has 0 N–H and O–H groups in total. The van der Waals surface area contributed by atoms with Gasteiger partial charge in [0.1, 0.15) is 11.5 Å². The van der Waals surface area contributed by atoms with Crippen LogP contribution in [-0.2, 0) is 10.2 Å². The van der Waals surface area contributed by atoms with Crippen LogP contribution in [0, 0.1) is 10.8 Å². The van der Waals surface area contributed by atoms with Crippen LogP contribution in [0.4, 0.5) is 10.1 Å². The number of alkyl halides is 1. The molecule has 0 aliphatic heterocycles. The maximum absolute atomic E-state index is 14.4. The van der Waals surface area contributed by atoms with Gasteiger partial charge in [-0.1, -0.05) is 17.3 Å². The van der Waals surface area contributed by atoms with Crippen LogP contribution in [0.25, 0.3) is 11.1 Å². The van der Waals surface area contributed by atoms with Crippen LogP contribution in [0.1, 0.15) is 119 Å². The molecule has 0 atom stereocenters. The van der Waals surface area contributed by atoms with Gasteiger partial charge in [-0.3, -0.25) is 4.79 Å². The highest BCUT2D eigenvalue weighted by atomic mass is 19.1. The van der Waals surface area contributed by atoms with Gasteiger partial charge in [0.25, 0.3) is 0 Å². The third-order valence-corrected chi connectivity index (χ3v) is 11.7. The summed E-state index contributed by atoms with van der Waals surface area (Å²) in [7, 11) is 0. The number of carbonyl (C=O) groups excluding carboxylic acids is 1. The SMILES string of the molecule is O=C(CC12CC(F)(C1)C2)N(CC12CCC(c3nc(C4CC4)no3)(CC1)CC2)c1cccc(-c2cnc(C3CC3)nc2)c1.